The van der Waals surface area contributed by atoms with Crippen LogP contribution in [0, 0.1) is 0 Å². The molecule has 0 bridgehead atoms. The first-order valence-electron chi connectivity index (χ1n) is 2.54. The zero-order valence-electron chi connectivity index (χ0n) is 5.05. The van der Waals surface area contributed by atoms with Crippen LogP contribution in [-0.2, 0) is 9.53 Å². The Hall–Kier alpha value is -0.570. The molecule has 1 aliphatic rings. The normalized spacial score (nSPS) is 34.2. The minimum atomic E-state index is -0.118. The van der Waals surface area contributed by atoms with Crippen molar-refractivity contribution in [2.75, 3.05) is 20.7 Å². The lowest BCUT2D eigenvalue weighted by Gasteiger charge is -1.92. The van der Waals surface area contributed by atoms with Gasteiger partial charge in [-0.15, -0.1) is 0 Å². The number of nitrogens with zero attached hydrogens (tertiary/aromatic N) is 1. The van der Waals surface area contributed by atoms with Gasteiger partial charge < -0.3 is 4.74 Å². The van der Waals surface area contributed by atoms with Crippen LogP contribution in [0.1, 0.15) is 0 Å². The summed E-state index contributed by atoms with van der Waals surface area (Å²) in [7, 11) is 3.30. The van der Waals surface area contributed by atoms with Gasteiger partial charge in [0.05, 0.1) is 7.11 Å². The van der Waals surface area contributed by atoms with Crippen LogP contribution in [-0.4, -0.2) is 37.6 Å². The zero-order chi connectivity index (χ0) is 6.15. The molecule has 0 aromatic rings. The molecule has 8 heavy (non-hydrogen) atoms. The maximum atomic E-state index is 10.5. The second-order valence-corrected chi connectivity index (χ2v) is 1.98. The number of hydrogen-bond acceptors (Lipinski definition) is 3. The molecule has 0 aromatic carbocycles. The summed E-state index contributed by atoms with van der Waals surface area (Å²) in [5.74, 6) is -0.118. The number of rotatable bonds is 1. The second-order valence-electron chi connectivity index (χ2n) is 1.98. The minimum absolute atomic E-state index is 0.0556. The molecular weight excluding hydrogens is 106 g/mol. The van der Waals surface area contributed by atoms with E-state index in [-0.39, 0.29) is 12.0 Å². The first-order valence-corrected chi connectivity index (χ1v) is 2.54. The predicted octanol–water partition coefficient (Wildman–Crippen LogP) is -0.527. The molecule has 0 aromatic heterocycles. The first kappa shape index (κ1) is 5.56. The Morgan fingerprint density at radius 2 is 2.38 bits per heavy atom. The average Bonchev–Trinajstić information content (AvgIpc) is 2.45. The highest BCUT2D eigenvalue weighted by atomic mass is 16.5. The van der Waals surface area contributed by atoms with Gasteiger partial charge in [0.1, 0.15) is 6.04 Å². The Labute approximate surface area is 48.2 Å². The van der Waals surface area contributed by atoms with Crippen LogP contribution < -0.4 is 0 Å². The fourth-order valence-electron chi connectivity index (χ4n) is 0.616. The van der Waals surface area contributed by atoms with Gasteiger partial charge in [-0.05, 0) is 7.05 Å². The monoisotopic (exact) mass is 115 g/mol. The van der Waals surface area contributed by atoms with E-state index in [4.69, 9.17) is 0 Å². The number of carbonyl (C=O) groups excluding carboxylic acids is 1. The molecule has 0 aliphatic carbocycles. The van der Waals surface area contributed by atoms with E-state index < -0.39 is 0 Å². The van der Waals surface area contributed by atoms with Crippen LogP contribution in [0.5, 0.6) is 0 Å². The van der Waals surface area contributed by atoms with Crippen LogP contribution in [0.4, 0.5) is 0 Å². The zero-order valence-corrected chi connectivity index (χ0v) is 5.05. The van der Waals surface area contributed by atoms with Gasteiger partial charge in [0.15, 0.2) is 0 Å². The summed E-state index contributed by atoms with van der Waals surface area (Å²) in [6.07, 6.45) is 0. The Bertz CT molecular complexity index is 113. The van der Waals surface area contributed by atoms with Crippen LogP contribution in [0.2, 0.25) is 0 Å². The van der Waals surface area contributed by atoms with E-state index in [0.717, 1.165) is 6.54 Å². The van der Waals surface area contributed by atoms with Crippen molar-refractivity contribution in [3.05, 3.63) is 0 Å². The molecule has 1 unspecified atom stereocenters. The number of carbonyl (C=O) groups is 1. The largest absolute Gasteiger partial charge is 0.468 e. The van der Waals surface area contributed by atoms with E-state index in [9.17, 15) is 4.79 Å². The quantitative estimate of drug-likeness (QED) is 0.340. The van der Waals surface area contributed by atoms with Crippen molar-refractivity contribution in [2.24, 2.45) is 0 Å². The fraction of sp³-hybridized carbons (Fsp3) is 0.800. The highest BCUT2D eigenvalue weighted by Gasteiger charge is 2.37. The SMILES string of the molecule is COC(=O)[C@@H]1CN1C. The third kappa shape index (κ3) is 0.816. The molecular formula is C5H9NO2. The standard InChI is InChI=1S/C5H9NO2/c1-6-3-4(6)5(7)8-2/h4H,3H2,1-2H3/t4-,6?/m0/s1. The van der Waals surface area contributed by atoms with E-state index in [2.05, 4.69) is 4.74 Å². The summed E-state index contributed by atoms with van der Waals surface area (Å²) in [4.78, 5) is 12.4. The van der Waals surface area contributed by atoms with Crippen molar-refractivity contribution in [2.45, 2.75) is 6.04 Å². The topological polar surface area (TPSA) is 29.3 Å². The molecule has 3 heteroatoms. The highest BCUT2D eigenvalue weighted by Crippen LogP contribution is 2.13. The van der Waals surface area contributed by atoms with E-state index in [1.165, 1.54) is 7.11 Å². The molecule has 0 amide bonds. The third-order valence-corrected chi connectivity index (χ3v) is 1.33. The van der Waals surface area contributed by atoms with Crippen LogP contribution in [0.15, 0.2) is 0 Å². The molecule has 1 fully saturated rings. The molecule has 1 saturated heterocycles. The lowest BCUT2D eigenvalue weighted by Crippen LogP contribution is -2.11. The van der Waals surface area contributed by atoms with E-state index >= 15 is 0 Å². The lowest BCUT2D eigenvalue weighted by atomic mass is 10.5. The van der Waals surface area contributed by atoms with Crippen molar-refractivity contribution in [1.29, 1.82) is 0 Å². The summed E-state index contributed by atoms with van der Waals surface area (Å²) in [6.45, 7) is 0.854. The van der Waals surface area contributed by atoms with Gasteiger partial charge in [-0.1, -0.05) is 0 Å². The highest BCUT2D eigenvalue weighted by molar-refractivity contribution is 5.78. The van der Waals surface area contributed by atoms with E-state index in [1.807, 2.05) is 11.9 Å². The molecule has 0 saturated carbocycles. The van der Waals surface area contributed by atoms with Crippen molar-refractivity contribution in [3.8, 4) is 0 Å². The van der Waals surface area contributed by atoms with Gasteiger partial charge in [0, 0.05) is 6.54 Å². The molecule has 1 rings (SSSR count). The molecule has 1 aliphatic heterocycles. The lowest BCUT2D eigenvalue weighted by molar-refractivity contribution is -0.140. The van der Waals surface area contributed by atoms with E-state index in [1.54, 1.807) is 0 Å². The maximum absolute atomic E-state index is 10.5. The van der Waals surface area contributed by atoms with Crippen molar-refractivity contribution in [1.82, 2.24) is 4.90 Å². The van der Waals surface area contributed by atoms with Gasteiger partial charge in [-0.3, -0.25) is 9.69 Å². The number of likely N-dealkylation sites (N-methyl/N-ethyl adjacent to an activating group) is 1. The summed E-state index contributed by atoms with van der Waals surface area (Å²) >= 11 is 0. The summed E-state index contributed by atoms with van der Waals surface area (Å²) < 4.78 is 4.46. The molecule has 2 atom stereocenters. The molecule has 1 heterocycles. The van der Waals surface area contributed by atoms with Gasteiger partial charge in [0.25, 0.3) is 0 Å². The molecule has 0 spiro atoms. The fourth-order valence-corrected chi connectivity index (χ4v) is 0.616. The van der Waals surface area contributed by atoms with Crippen LogP contribution >= 0.6 is 0 Å². The summed E-state index contributed by atoms with van der Waals surface area (Å²) in [5, 5.41) is 0. The van der Waals surface area contributed by atoms with E-state index in [0.29, 0.717) is 0 Å². The molecule has 0 radical (unpaired) electrons. The maximum Gasteiger partial charge on any atom is 0.324 e. The predicted molar refractivity (Wildman–Crippen MR) is 28.4 cm³/mol. The first-order chi connectivity index (χ1) is 3.75. The molecule has 46 valence electrons. The van der Waals surface area contributed by atoms with Crippen LogP contribution in [0.25, 0.3) is 0 Å². The Morgan fingerprint density at radius 3 is 2.50 bits per heavy atom. The van der Waals surface area contributed by atoms with Gasteiger partial charge in [-0.2, -0.15) is 0 Å². The van der Waals surface area contributed by atoms with Gasteiger partial charge in [-0.25, -0.2) is 0 Å². The third-order valence-electron chi connectivity index (χ3n) is 1.33. The molecule has 3 nitrogen and oxygen atoms in total. The number of methoxy groups -OCH3 is 1. The minimum Gasteiger partial charge on any atom is -0.468 e. The van der Waals surface area contributed by atoms with Gasteiger partial charge in [0.2, 0.25) is 0 Å². The van der Waals surface area contributed by atoms with Crippen LogP contribution in [0.3, 0.4) is 0 Å². The average molecular weight is 115 g/mol. The second kappa shape index (κ2) is 1.74. The van der Waals surface area contributed by atoms with Crippen molar-refractivity contribution in [3.63, 3.8) is 0 Å². The Morgan fingerprint density at radius 1 is 1.88 bits per heavy atom. The molecule has 0 N–H and O–H groups in total. The Balaban J connectivity index is 2.28. The van der Waals surface area contributed by atoms with Crippen molar-refractivity contribution < 1.29 is 9.53 Å². The van der Waals surface area contributed by atoms with Gasteiger partial charge >= 0.3 is 5.97 Å². The number of ether oxygens (including phenoxy) is 1. The van der Waals surface area contributed by atoms with Crippen molar-refractivity contribution >= 4 is 5.97 Å². The number of hydrogen-bond donors (Lipinski definition) is 0. The summed E-state index contributed by atoms with van der Waals surface area (Å²) in [6, 6.07) is 0.0556. The summed E-state index contributed by atoms with van der Waals surface area (Å²) in [5.41, 5.74) is 0. The smallest absolute Gasteiger partial charge is 0.324 e. The Kier molecular flexibility index (Phi) is 1.21. The number of esters is 1.